The van der Waals surface area contributed by atoms with Crippen LogP contribution in [0.15, 0.2) is 11.5 Å². The van der Waals surface area contributed by atoms with E-state index in [9.17, 15) is 4.55 Å². The van der Waals surface area contributed by atoms with Crippen molar-refractivity contribution in [3.05, 3.63) is 11.5 Å². The lowest BCUT2D eigenvalue weighted by molar-refractivity contribution is 0.141. The lowest BCUT2D eigenvalue weighted by atomic mass is 10.6. The van der Waals surface area contributed by atoms with E-state index in [0.717, 1.165) is 13.1 Å². The minimum absolute atomic E-state index is 0.545. The van der Waals surface area contributed by atoms with Crippen molar-refractivity contribution in [1.82, 2.24) is 10.0 Å². The molecule has 0 rings (SSSR count). The van der Waals surface area contributed by atoms with Crippen LogP contribution in [0.5, 0.6) is 0 Å². The molecular weight excluding hydrogens is 214 g/mol. The molecule has 0 aliphatic heterocycles. The molecule has 4 N–H and O–H groups in total. The molecule has 5 nitrogen and oxygen atoms in total. The molecule has 6 heteroatoms. The molecule has 1 unspecified atom stereocenters. The Hall–Kier alpha value is -0.110. The lowest BCUT2D eigenvalue weighted by Crippen LogP contribution is -2.29. The van der Waals surface area contributed by atoms with Crippen LogP contribution in [0.25, 0.3) is 0 Å². The Labute approximate surface area is 94.8 Å². The highest BCUT2D eigenvalue weighted by Gasteiger charge is 2.05. The first-order valence-corrected chi connectivity index (χ1v) is 6.12. The summed E-state index contributed by atoms with van der Waals surface area (Å²) in [6, 6.07) is 0. The average Bonchev–Trinajstić information content (AvgIpc) is 2.21. The van der Waals surface area contributed by atoms with Crippen molar-refractivity contribution in [1.29, 1.82) is 0 Å². The van der Waals surface area contributed by atoms with E-state index in [1.165, 1.54) is 0 Å². The molecule has 90 valence electrons. The summed E-state index contributed by atoms with van der Waals surface area (Å²) in [6.07, 6.45) is 0. The van der Waals surface area contributed by atoms with E-state index in [1.807, 2.05) is 0 Å². The van der Waals surface area contributed by atoms with Crippen LogP contribution in [0, 0.1) is 0 Å². The van der Waals surface area contributed by atoms with E-state index < -0.39 is 11.4 Å². The van der Waals surface area contributed by atoms with E-state index in [1.54, 1.807) is 6.92 Å². The number of nitrogens with two attached hydrogens (primary N) is 1. The fraction of sp³-hybridized carbons (Fsp3) is 0.778. The molecule has 0 aromatic rings. The zero-order chi connectivity index (χ0) is 11.5. The Morgan fingerprint density at radius 2 is 2.07 bits per heavy atom. The van der Waals surface area contributed by atoms with Gasteiger partial charge >= 0.3 is 0 Å². The van der Waals surface area contributed by atoms with E-state index in [-0.39, 0.29) is 0 Å². The highest BCUT2D eigenvalue weighted by atomic mass is 32.2. The predicted octanol–water partition coefficient (Wildman–Crippen LogP) is -0.662. The molecule has 0 amide bonds. The smallest absolute Gasteiger partial charge is 0.140 e. The summed E-state index contributed by atoms with van der Waals surface area (Å²) >= 11 is -1.14. The van der Waals surface area contributed by atoms with E-state index in [2.05, 4.69) is 16.6 Å². The van der Waals surface area contributed by atoms with Gasteiger partial charge in [0.25, 0.3) is 0 Å². The van der Waals surface area contributed by atoms with Gasteiger partial charge in [-0.2, -0.15) is 0 Å². The number of rotatable bonds is 10. The predicted molar refractivity (Wildman–Crippen MR) is 63.7 cm³/mol. The maximum absolute atomic E-state index is 11.1. The highest BCUT2D eigenvalue weighted by molar-refractivity contribution is 7.93. The van der Waals surface area contributed by atoms with Gasteiger partial charge in [-0.1, -0.05) is 0 Å². The summed E-state index contributed by atoms with van der Waals surface area (Å²) in [5.41, 5.74) is 5.30. The van der Waals surface area contributed by atoms with Gasteiger partial charge in [0, 0.05) is 26.6 Å². The normalized spacial score (nSPS) is 12.7. The summed E-state index contributed by atoms with van der Waals surface area (Å²) in [5, 5.41) is 3.11. The van der Waals surface area contributed by atoms with Crippen molar-refractivity contribution >= 4 is 11.4 Å². The molecular formula is C9H21N3O2S. The third-order valence-electron chi connectivity index (χ3n) is 1.54. The molecule has 0 fully saturated rings. The number of ether oxygens (including phenoxy) is 1. The molecule has 0 saturated carbocycles. The van der Waals surface area contributed by atoms with Gasteiger partial charge in [0.1, 0.15) is 4.91 Å². The molecule has 0 aliphatic rings. The van der Waals surface area contributed by atoms with Crippen molar-refractivity contribution < 1.29 is 9.29 Å². The second kappa shape index (κ2) is 10.4. The Morgan fingerprint density at radius 1 is 1.40 bits per heavy atom. The molecule has 0 spiro atoms. The maximum Gasteiger partial charge on any atom is 0.140 e. The molecule has 15 heavy (non-hydrogen) atoms. The summed E-state index contributed by atoms with van der Waals surface area (Å²) in [6.45, 7) is 9.29. The second-order valence-electron chi connectivity index (χ2n) is 3.02. The van der Waals surface area contributed by atoms with Crippen LogP contribution in [-0.2, 0) is 16.1 Å². The van der Waals surface area contributed by atoms with Gasteiger partial charge in [0.2, 0.25) is 0 Å². The first-order valence-electron chi connectivity index (χ1n) is 4.97. The molecule has 0 aliphatic carbocycles. The van der Waals surface area contributed by atoms with E-state index in [0.29, 0.717) is 31.2 Å². The number of hydrogen-bond donors (Lipinski definition) is 3. The van der Waals surface area contributed by atoms with Crippen LogP contribution in [0.1, 0.15) is 6.92 Å². The van der Waals surface area contributed by atoms with Crippen molar-refractivity contribution in [3.63, 3.8) is 0 Å². The topological polar surface area (TPSA) is 82.4 Å². The largest absolute Gasteiger partial charge is 0.593 e. The van der Waals surface area contributed by atoms with Crippen LogP contribution in [0.2, 0.25) is 0 Å². The number of allylic oxidation sites excluding steroid dienone is 1. The minimum Gasteiger partial charge on any atom is -0.593 e. The zero-order valence-electron chi connectivity index (χ0n) is 9.25. The molecule has 0 bridgehead atoms. The Bertz CT molecular complexity index is 169. The molecule has 0 radical (unpaired) electrons. The molecule has 0 aromatic heterocycles. The number of hydrogen-bond acceptors (Lipinski definition) is 5. The summed E-state index contributed by atoms with van der Waals surface area (Å²) in [7, 11) is 0. The summed E-state index contributed by atoms with van der Waals surface area (Å²) in [5.74, 6) is 0. The van der Waals surface area contributed by atoms with Gasteiger partial charge in [-0.15, -0.1) is 4.72 Å². The minimum atomic E-state index is -1.14. The molecule has 0 aromatic carbocycles. The lowest BCUT2D eigenvalue weighted by Gasteiger charge is -2.10. The Kier molecular flexibility index (Phi) is 10.3. The second-order valence-corrected chi connectivity index (χ2v) is 4.54. The van der Waals surface area contributed by atoms with Crippen molar-refractivity contribution in [2.24, 2.45) is 5.73 Å². The average molecular weight is 235 g/mol. The van der Waals surface area contributed by atoms with Gasteiger partial charge in [-0.25, -0.2) is 0 Å². The third-order valence-corrected chi connectivity index (χ3v) is 2.64. The van der Waals surface area contributed by atoms with Gasteiger partial charge in [-0.05, 0) is 6.58 Å². The monoisotopic (exact) mass is 235 g/mol. The highest BCUT2D eigenvalue weighted by Crippen LogP contribution is 1.96. The fourth-order valence-corrected chi connectivity index (χ4v) is 1.32. The van der Waals surface area contributed by atoms with Gasteiger partial charge in [0.15, 0.2) is 0 Å². The van der Waals surface area contributed by atoms with Gasteiger partial charge in [0.05, 0.1) is 31.1 Å². The molecule has 0 heterocycles. The van der Waals surface area contributed by atoms with E-state index >= 15 is 0 Å². The Balaban J connectivity index is 3.08. The van der Waals surface area contributed by atoms with E-state index in [4.69, 9.17) is 10.5 Å². The van der Waals surface area contributed by atoms with Gasteiger partial charge in [-0.3, -0.25) is 0 Å². The Morgan fingerprint density at radius 3 is 2.67 bits per heavy atom. The molecule has 1 atom stereocenters. The summed E-state index contributed by atoms with van der Waals surface area (Å²) < 4.78 is 19.2. The van der Waals surface area contributed by atoms with Gasteiger partial charge < -0.3 is 20.3 Å². The fourth-order valence-electron chi connectivity index (χ4n) is 0.803. The van der Waals surface area contributed by atoms with Crippen molar-refractivity contribution in [3.8, 4) is 0 Å². The van der Waals surface area contributed by atoms with Crippen molar-refractivity contribution in [2.75, 3.05) is 39.4 Å². The maximum atomic E-state index is 11.1. The first-order chi connectivity index (χ1) is 7.18. The van der Waals surface area contributed by atoms with Crippen LogP contribution in [-0.4, -0.2) is 43.9 Å². The summed E-state index contributed by atoms with van der Waals surface area (Å²) in [4.78, 5) is 0.625. The SMILES string of the molecule is C=C(C)[S+]([O-])NCCOCCNCCN. The standard InChI is InChI=1S/C9H21N3O2S/c1-9(2)15(13)12-6-8-14-7-5-11-4-3-10/h11-12H,1,3-8,10H2,2H3. The number of nitrogens with one attached hydrogen (secondary N) is 2. The van der Waals surface area contributed by atoms with Crippen LogP contribution < -0.4 is 15.8 Å². The van der Waals surface area contributed by atoms with Crippen LogP contribution in [0.4, 0.5) is 0 Å². The zero-order valence-corrected chi connectivity index (χ0v) is 10.1. The quantitative estimate of drug-likeness (QED) is 0.346. The first kappa shape index (κ1) is 14.9. The third kappa shape index (κ3) is 10.2. The van der Waals surface area contributed by atoms with Crippen LogP contribution >= 0.6 is 0 Å². The van der Waals surface area contributed by atoms with Crippen molar-refractivity contribution in [2.45, 2.75) is 6.92 Å². The van der Waals surface area contributed by atoms with Crippen LogP contribution in [0.3, 0.4) is 0 Å². The molecule has 0 saturated heterocycles.